The van der Waals surface area contributed by atoms with E-state index in [0.29, 0.717) is 0 Å². The summed E-state index contributed by atoms with van der Waals surface area (Å²) in [5.41, 5.74) is 0. The topological polar surface area (TPSA) is 43.4 Å². The van der Waals surface area contributed by atoms with Crippen LogP contribution in [0.1, 0.15) is 0 Å². The van der Waals surface area contributed by atoms with Crippen LogP contribution in [0, 0.1) is 0 Å². The summed E-state index contributed by atoms with van der Waals surface area (Å²) in [4.78, 5) is 0. The summed E-state index contributed by atoms with van der Waals surface area (Å²) in [6.45, 7) is 0. The minimum Gasteiger partial charge on any atom is -0.230 e. The first-order valence-electron chi connectivity index (χ1n) is 3.23. The fourth-order valence-electron chi connectivity index (χ4n) is 0.559. The van der Waals surface area contributed by atoms with Crippen LogP contribution in [0.2, 0.25) is 0 Å². The molecule has 0 bridgehead atoms. The molecule has 0 amide bonds. The third-order valence-corrected chi connectivity index (χ3v) is 2.46. The normalized spacial score (nSPS) is 17.0. The van der Waals surface area contributed by atoms with Gasteiger partial charge in [0.1, 0.15) is 0 Å². The average molecular weight is 300 g/mol. The highest BCUT2D eigenvalue weighted by Crippen LogP contribution is 2.47. The molecule has 0 heterocycles. The molecule has 0 fully saturated rings. The van der Waals surface area contributed by atoms with E-state index < -0.39 is 33.6 Å². The fourth-order valence-corrected chi connectivity index (χ4v) is 1.08. The molecule has 3 nitrogen and oxygen atoms in total. The number of hydrogen-bond acceptors (Lipinski definition) is 3. The van der Waals surface area contributed by atoms with Crippen molar-refractivity contribution in [1.82, 2.24) is 0 Å². The van der Waals surface area contributed by atoms with Crippen molar-refractivity contribution in [1.29, 1.82) is 0 Å². The maximum absolute atomic E-state index is 12.3. The lowest BCUT2D eigenvalue weighted by atomic mass is 10.2. The highest BCUT2D eigenvalue weighted by Gasteiger charge is 2.76. The molecule has 1 atom stereocenters. The molecule has 0 aromatic heterocycles. The van der Waals surface area contributed by atoms with Gasteiger partial charge in [0, 0.05) is 0 Å². The van der Waals surface area contributed by atoms with E-state index >= 15 is 0 Å². The van der Waals surface area contributed by atoms with Crippen LogP contribution in [-0.4, -0.2) is 31.9 Å². The Hall–Kier alpha value is -0.720. The van der Waals surface area contributed by atoms with Gasteiger partial charge < -0.3 is 0 Å². The molecular weight excluding hydrogens is 299 g/mol. The maximum atomic E-state index is 12.3. The Bertz CT molecular complexity index is 370. The Balaban J connectivity index is 5.62. The van der Waals surface area contributed by atoms with Crippen molar-refractivity contribution in [3.05, 3.63) is 0 Å². The molecule has 0 aliphatic carbocycles. The molecule has 0 aliphatic rings. The van der Waals surface area contributed by atoms with Crippen molar-refractivity contribution in [2.75, 3.05) is 0 Å². The highest BCUT2D eigenvalue weighted by atomic mass is 32.2. The fraction of sp³-hybridized carbons (Fsp3) is 1.00. The van der Waals surface area contributed by atoms with Gasteiger partial charge in [-0.1, -0.05) is 4.39 Å². The van der Waals surface area contributed by atoms with E-state index in [1.807, 2.05) is 0 Å². The summed E-state index contributed by atoms with van der Waals surface area (Å²) >= 11 is 0. The number of hydrogen-bond donors (Lipinski definition) is 0. The SMILES string of the molecule is O=S(=O)(OF)C(F)(F)C(F)(F)C(F)C(F)(F)F. The van der Waals surface area contributed by atoms with E-state index in [0.717, 1.165) is 0 Å². The first-order chi connectivity index (χ1) is 7.22. The maximum Gasteiger partial charge on any atom is 0.437 e. The van der Waals surface area contributed by atoms with Gasteiger partial charge >= 0.3 is 27.5 Å². The lowest BCUT2D eigenvalue weighted by molar-refractivity contribution is -0.286. The molecular formula is C4HF9O3S. The smallest absolute Gasteiger partial charge is 0.230 e. The summed E-state index contributed by atoms with van der Waals surface area (Å²) in [5, 5.41) is -6.73. The predicted molar refractivity (Wildman–Crippen MR) is 32.0 cm³/mol. The second kappa shape index (κ2) is 4.19. The van der Waals surface area contributed by atoms with Crippen LogP contribution in [-0.2, 0) is 14.5 Å². The molecule has 0 aromatic rings. The molecule has 17 heavy (non-hydrogen) atoms. The molecule has 0 saturated heterocycles. The van der Waals surface area contributed by atoms with Gasteiger partial charge in [0.15, 0.2) is 0 Å². The van der Waals surface area contributed by atoms with Crippen LogP contribution >= 0.6 is 0 Å². The van der Waals surface area contributed by atoms with Crippen LogP contribution < -0.4 is 0 Å². The second-order valence-electron chi connectivity index (χ2n) is 2.56. The molecule has 1 unspecified atom stereocenters. The number of rotatable bonds is 4. The van der Waals surface area contributed by atoms with Crippen LogP contribution in [0.3, 0.4) is 0 Å². The molecule has 104 valence electrons. The summed E-state index contributed by atoms with van der Waals surface area (Å²) in [6.07, 6.45) is -12.0. The van der Waals surface area contributed by atoms with Gasteiger partial charge in [-0.3, -0.25) is 0 Å². The van der Waals surface area contributed by atoms with Crippen molar-refractivity contribution in [2.24, 2.45) is 0 Å². The van der Waals surface area contributed by atoms with Crippen LogP contribution in [0.5, 0.6) is 0 Å². The van der Waals surface area contributed by atoms with Crippen LogP contribution in [0.4, 0.5) is 39.6 Å². The van der Waals surface area contributed by atoms with Gasteiger partial charge in [0.05, 0.1) is 0 Å². The third kappa shape index (κ3) is 2.59. The second-order valence-corrected chi connectivity index (χ2v) is 4.11. The minimum absolute atomic E-state index is 1.46. The lowest BCUT2D eigenvalue weighted by Crippen LogP contribution is -2.57. The first-order valence-corrected chi connectivity index (χ1v) is 4.64. The lowest BCUT2D eigenvalue weighted by Gasteiger charge is -2.27. The third-order valence-electron chi connectivity index (χ3n) is 1.39. The van der Waals surface area contributed by atoms with Crippen LogP contribution in [0.15, 0.2) is 0 Å². The van der Waals surface area contributed by atoms with Crippen molar-refractivity contribution in [2.45, 2.75) is 23.5 Å². The predicted octanol–water partition coefficient (Wildman–Crippen LogP) is 2.35. The van der Waals surface area contributed by atoms with Gasteiger partial charge in [-0.05, 0) is 4.53 Å². The molecule has 0 N–H and O–H groups in total. The quantitative estimate of drug-likeness (QED) is 0.749. The first kappa shape index (κ1) is 16.3. The molecule has 0 rings (SSSR count). The monoisotopic (exact) mass is 300 g/mol. The molecule has 0 spiro atoms. The zero-order chi connectivity index (χ0) is 14.3. The van der Waals surface area contributed by atoms with Gasteiger partial charge in [-0.15, -0.1) is 0 Å². The molecule has 0 saturated carbocycles. The summed E-state index contributed by atoms with van der Waals surface area (Å²) in [5.74, 6) is -6.75. The van der Waals surface area contributed by atoms with E-state index in [2.05, 4.69) is 0 Å². The Kier molecular flexibility index (Phi) is 4.01. The van der Waals surface area contributed by atoms with E-state index in [1.54, 1.807) is 0 Å². The summed E-state index contributed by atoms with van der Waals surface area (Å²) in [7, 11) is -7.05. The van der Waals surface area contributed by atoms with E-state index in [4.69, 9.17) is 0 Å². The van der Waals surface area contributed by atoms with E-state index in [-0.39, 0.29) is 0 Å². The van der Waals surface area contributed by atoms with Crippen molar-refractivity contribution < 1.29 is 52.5 Å². The number of alkyl halides is 8. The van der Waals surface area contributed by atoms with Gasteiger partial charge in [0.2, 0.25) is 0 Å². The van der Waals surface area contributed by atoms with E-state index in [9.17, 15) is 48.1 Å². The van der Waals surface area contributed by atoms with Crippen molar-refractivity contribution in [3.63, 3.8) is 0 Å². The van der Waals surface area contributed by atoms with Crippen molar-refractivity contribution in [3.8, 4) is 0 Å². The Morgan fingerprint density at radius 1 is 0.941 bits per heavy atom. The minimum atomic E-state index is -7.05. The molecule has 13 heteroatoms. The van der Waals surface area contributed by atoms with Gasteiger partial charge in [0.25, 0.3) is 6.17 Å². The zero-order valence-electron chi connectivity index (χ0n) is 7.11. The largest absolute Gasteiger partial charge is 0.437 e. The van der Waals surface area contributed by atoms with Gasteiger partial charge in [-0.25, -0.2) is 4.39 Å². The number of halogens is 9. The molecule has 0 aromatic carbocycles. The zero-order valence-corrected chi connectivity index (χ0v) is 7.93. The van der Waals surface area contributed by atoms with E-state index in [1.165, 1.54) is 4.39 Å². The van der Waals surface area contributed by atoms with Crippen LogP contribution in [0.25, 0.3) is 0 Å². The van der Waals surface area contributed by atoms with Gasteiger partial charge in [-0.2, -0.15) is 39.2 Å². The Morgan fingerprint density at radius 3 is 1.53 bits per heavy atom. The Labute approximate surface area is 87.2 Å². The molecule has 0 aliphatic heterocycles. The van der Waals surface area contributed by atoms with Crippen molar-refractivity contribution >= 4 is 10.1 Å². The highest BCUT2D eigenvalue weighted by molar-refractivity contribution is 7.87. The molecule has 0 radical (unpaired) electrons. The Morgan fingerprint density at radius 2 is 1.29 bits per heavy atom. The average Bonchev–Trinajstić information content (AvgIpc) is 2.14. The summed E-state index contributed by atoms with van der Waals surface area (Å²) < 4.78 is 128. The summed E-state index contributed by atoms with van der Waals surface area (Å²) in [6, 6.07) is 0. The standard InChI is InChI=1S/C4HF9O3S/c5-1(3(8,9)10)2(6,7)4(11,12)17(14,15)16-13/h1H.